The van der Waals surface area contributed by atoms with Crippen LogP contribution in [-0.4, -0.2) is 19.6 Å². The fourth-order valence-corrected chi connectivity index (χ4v) is 3.26. The van der Waals surface area contributed by atoms with Gasteiger partial charge in [0.15, 0.2) is 0 Å². The quantitative estimate of drug-likeness (QED) is 0.698. The van der Waals surface area contributed by atoms with Gasteiger partial charge in [-0.15, -0.1) is 4.98 Å². The standard InChI is InChI=1S/C13H13ClN2O2S/c1-8-4-3-5-11(14)10(8)7-19(18)13-15-9(2)6-12(17)16-13/h3-6H,7H2,1-2H3,(H,15,16,17). The van der Waals surface area contributed by atoms with Gasteiger partial charge < -0.3 is 9.66 Å². The maximum absolute atomic E-state index is 12.2. The SMILES string of the molecule is Cc1cc(O)nc([S+]([O-])Cc2c(C)cccc2Cl)n1. The van der Waals surface area contributed by atoms with Crippen molar-refractivity contribution >= 4 is 22.8 Å². The van der Waals surface area contributed by atoms with E-state index in [9.17, 15) is 9.66 Å². The first-order valence-electron chi connectivity index (χ1n) is 5.64. The molecule has 1 unspecified atom stereocenters. The molecule has 0 aliphatic rings. The Balaban J connectivity index is 2.28. The van der Waals surface area contributed by atoms with Gasteiger partial charge in [0.05, 0.1) is 0 Å². The minimum Gasteiger partial charge on any atom is -0.609 e. The maximum Gasteiger partial charge on any atom is 0.346 e. The maximum atomic E-state index is 12.2. The fourth-order valence-electron chi connectivity index (χ4n) is 1.67. The van der Waals surface area contributed by atoms with Crippen LogP contribution in [0.2, 0.25) is 5.02 Å². The summed E-state index contributed by atoms with van der Waals surface area (Å²) in [6, 6.07) is 6.93. The number of aryl methyl sites for hydroxylation is 2. The van der Waals surface area contributed by atoms with Gasteiger partial charge in [-0.25, -0.2) is 0 Å². The second-order valence-corrected chi connectivity index (χ2v) is 5.93. The minimum absolute atomic E-state index is 0.122. The Morgan fingerprint density at radius 2 is 2.05 bits per heavy atom. The molecule has 1 aromatic heterocycles. The van der Waals surface area contributed by atoms with Crippen molar-refractivity contribution in [3.63, 3.8) is 0 Å². The highest BCUT2D eigenvalue weighted by Crippen LogP contribution is 2.24. The van der Waals surface area contributed by atoms with Crippen LogP contribution in [0.25, 0.3) is 0 Å². The van der Waals surface area contributed by atoms with Crippen LogP contribution in [0.4, 0.5) is 0 Å². The van der Waals surface area contributed by atoms with Crippen LogP contribution in [0.5, 0.6) is 5.88 Å². The van der Waals surface area contributed by atoms with Gasteiger partial charge in [0.2, 0.25) is 5.88 Å². The largest absolute Gasteiger partial charge is 0.609 e. The minimum atomic E-state index is -1.44. The second kappa shape index (κ2) is 5.77. The van der Waals surface area contributed by atoms with Crippen molar-refractivity contribution in [2.75, 3.05) is 0 Å². The monoisotopic (exact) mass is 296 g/mol. The molecule has 1 N–H and O–H groups in total. The van der Waals surface area contributed by atoms with E-state index in [2.05, 4.69) is 9.97 Å². The number of benzene rings is 1. The number of aromatic nitrogens is 2. The van der Waals surface area contributed by atoms with Crippen LogP contribution in [0.3, 0.4) is 0 Å². The second-order valence-electron chi connectivity index (χ2n) is 4.18. The van der Waals surface area contributed by atoms with E-state index in [1.54, 1.807) is 13.0 Å². The van der Waals surface area contributed by atoms with Crippen LogP contribution in [0.1, 0.15) is 16.8 Å². The van der Waals surface area contributed by atoms with Gasteiger partial charge in [-0.05, 0) is 25.5 Å². The fraction of sp³-hybridized carbons (Fsp3) is 0.231. The molecule has 0 fully saturated rings. The number of aromatic hydroxyl groups is 1. The lowest BCUT2D eigenvalue weighted by molar-refractivity contribution is 0.442. The Bertz CT molecular complexity index is 567. The summed E-state index contributed by atoms with van der Waals surface area (Å²) in [6.45, 7) is 3.62. The molecule has 0 spiro atoms. The molecule has 19 heavy (non-hydrogen) atoms. The van der Waals surface area contributed by atoms with Gasteiger partial charge in [-0.1, -0.05) is 23.7 Å². The summed E-state index contributed by atoms with van der Waals surface area (Å²) in [5, 5.41) is 10.1. The molecule has 0 saturated carbocycles. The first kappa shape index (κ1) is 14.1. The van der Waals surface area contributed by atoms with Gasteiger partial charge in [-0.3, -0.25) is 0 Å². The molecule has 4 nitrogen and oxygen atoms in total. The van der Waals surface area contributed by atoms with E-state index in [-0.39, 0.29) is 16.8 Å². The first-order chi connectivity index (χ1) is 8.97. The van der Waals surface area contributed by atoms with E-state index in [4.69, 9.17) is 11.6 Å². The third-order valence-corrected chi connectivity index (χ3v) is 4.15. The predicted molar refractivity (Wildman–Crippen MR) is 74.7 cm³/mol. The molecule has 1 atom stereocenters. The van der Waals surface area contributed by atoms with Crippen molar-refractivity contribution in [2.45, 2.75) is 24.8 Å². The van der Waals surface area contributed by atoms with Gasteiger partial charge in [-0.2, -0.15) is 4.98 Å². The van der Waals surface area contributed by atoms with E-state index in [1.807, 2.05) is 19.1 Å². The smallest absolute Gasteiger partial charge is 0.346 e. The summed E-state index contributed by atoms with van der Waals surface area (Å²) >= 11 is 4.66. The van der Waals surface area contributed by atoms with E-state index < -0.39 is 11.2 Å². The molecule has 0 bridgehead atoms. The van der Waals surface area contributed by atoms with Crippen LogP contribution < -0.4 is 0 Å². The lowest BCUT2D eigenvalue weighted by atomic mass is 10.1. The summed E-state index contributed by atoms with van der Waals surface area (Å²) < 4.78 is 12.2. The molecule has 2 rings (SSSR count). The Morgan fingerprint density at radius 1 is 1.32 bits per heavy atom. The molecule has 0 aliphatic heterocycles. The first-order valence-corrected chi connectivity index (χ1v) is 7.34. The number of hydrogen-bond donors (Lipinski definition) is 1. The molecular formula is C13H13ClN2O2S. The van der Waals surface area contributed by atoms with Crippen molar-refractivity contribution < 1.29 is 9.66 Å². The summed E-state index contributed by atoms with van der Waals surface area (Å²) in [4.78, 5) is 7.87. The molecule has 100 valence electrons. The van der Waals surface area contributed by atoms with Crippen LogP contribution in [0.15, 0.2) is 29.4 Å². The molecule has 0 saturated heterocycles. The predicted octanol–water partition coefficient (Wildman–Crippen LogP) is 2.76. The summed E-state index contributed by atoms with van der Waals surface area (Å²) in [7, 11) is 0. The molecule has 1 aromatic carbocycles. The van der Waals surface area contributed by atoms with Crippen molar-refractivity contribution in [2.24, 2.45) is 0 Å². The average Bonchev–Trinajstić information content (AvgIpc) is 2.32. The van der Waals surface area contributed by atoms with Crippen molar-refractivity contribution in [3.05, 3.63) is 46.1 Å². The zero-order chi connectivity index (χ0) is 14.0. The molecule has 1 heterocycles. The van der Waals surface area contributed by atoms with Crippen molar-refractivity contribution in [1.29, 1.82) is 0 Å². The van der Waals surface area contributed by atoms with Gasteiger partial charge in [0.1, 0.15) is 5.75 Å². The third-order valence-electron chi connectivity index (χ3n) is 2.65. The Labute approximate surface area is 119 Å². The highest BCUT2D eigenvalue weighted by atomic mass is 35.5. The Morgan fingerprint density at radius 3 is 2.68 bits per heavy atom. The topological polar surface area (TPSA) is 69.1 Å². The summed E-state index contributed by atoms with van der Waals surface area (Å²) in [5.41, 5.74) is 2.36. The zero-order valence-electron chi connectivity index (χ0n) is 10.6. The van der Waals surface area contributed by atoms with E-state index in [1.165, 1.54) is 6.07 Å². The molecule has 0 radical (unpaired) electrons. The van der Waals surface area contributed by atoms with Crippen molar-refractivity contribution in [3.8, 4) is 5.88 Å². The highest BCUT2D eigenvalue weighted by molar-refractivity contribution is 7.90. The average molecular weight is 297 g/mol. The number of hydrogen-bond acceptors (Lipinski definition) is 4. The zero-order valence-corrected chi connectivity index (χ0v) is 12.1. The third kappa shape index (κ3) is 3.37. The van der Waals surface area contributed by atoms with Crippen molar-refractivity contribution in [1.82, 2.24) is 9.97 Å². The van der Waals surface area contributed by atoms with Crippen LogP contribution in [0, 0.1) is 13.8 Å². The lowest BCUT2D eigenvalue weighted by Crippen LogP contribution is -2.11. The number of rotatable bonds is 3. The summed E-state index contributed by atoms with van der Waals surface area (Å²) in [6.07, 6.45) is 0. The Kier molecular flexibility index (Phi) is 4.29. The molecule has 6 heteroatoms. The van der Waals surface area contributed by atoms with E-state index >= 15 is 0 Å². The highest BCUT2D eigenvalue weighted by Gasteiger charge is 2.20. The van der Waals surface area contributed by atoms with Gasteiger partial charge >= 0.3 is 5.16 Å². The summed E-state index contributed by atoms with van der Waals surface area (Å²) in [5.74, 6) is 0.0562. The van der Waals surface area contributed by atoms with E-state index in [0.717, 1.165) is 11.1 Å². The van der Waals surface area contributed by atoms with Gasteiger partial charge in [0, 0.05) is 33.5 Å². The van der Waals surface area contributed by atoms with Crippen LogP contribution in [-0.2, 0) is 16.9 Å². The number of halogens is 1. The van der Waals surface area contributed by atoms with E-state index in [0.29, 0.717) is 10.7 Å². The normalized spacial score (nSPS) is 12.4. The lowest BCUT2D eigenvalue weighted by Gasteiger charge is -2.12. The Hall–Kier alpha value is -1.30. The molecule has 2 aromatic rings. The molecule has 0 amide bonds. The molecule has 0 aliphatic carbocycles. The van der Waals surface area contributed by atoms with Crippen LogP contribution >= 0.6 is 11.6 Å². The van der Waals surface area contributed by atoms with Gasteiger partial charge in [0.25, 0.3) is 0 Å². The number of nitrogens with zero attached hydrogens (tertiary/aromatic N) is 2. The molecular weight excluding hydrogens is 284 g/mol.